The Morgan fingerprint density at radius 3 is 2.08 bits per heavy atom. The first-order valence-electron chi connectivity index (χ1n) is 7.48. The number of carbonyl (C=O) groups is 1. The number of anilines is 1. The fraction of sp³-hybridized carbons (Fsp3) is 0.278. The average molecular weight is 347 g/mol. The Morgan fingerprint density at radius 2 is 1.62 bits per heavy atom. The maximum atomic E-state index is 12.3. The third kappa shape index (κ3) is 4.21. The lowest BCUT2D eigenvalue weighted by molar-refractivity contribution is 0.102. The molecular weight excluding hydrogens is 326 g/mol. The van der Waals surface area contributed by atoms with Crippen LogP contribution in [0.25, 0.3) is 0 Å². The van der Waals surface area contributed by atoms with Crippen molar-refractivity contribution in [1.29, 1.82) is 0 Å². The van der Waals surface area contributed by atoms with Crippen molar-refractivity contribution in [3.63, 3.8) is 0 Å². The Balaban J connectivity index is 2.20. The van der Waals surface area contributed by atoms with Crippen LogP contribution in [0, 0.1) is 6.92 Å². The van der Waals surface area contributed by atoms with Crippen LogP contribution in [0.2, 0.25) is 0 Å². The van der Waals surface area contributed by atoms with Gasteiger partial charge in [-0.3, -0.25) is 9.35 Å². The lowest BCUT2D eigenvalue weighted by Gasteiger charge is -2.19. The van der Waals surface area contributed by atoms with Gasteiger partial charge in [0.15, 0.2) is 0 Å². The molecule has 2 aromatic rings. The standard InChI is InChI=1S/C18H21NO4S/c1-12-11-15(9-10-16(12)24(21,22)23)19-17(20)13-5-7-14(8-6-13)18(2,3)4/h5-11H,1-4H3,(H,19,20)(H,21,22,23). The van der Waals surface area contributed by atoms with Gasteiger partial charge in [-0.25, -0.2) is 0 Å². The van der Waals surface area contributed by atoms with E-state index in [-0.39, 0.29) is 16.2 Å². The molecule has 6 heteroatoms. The van der Waals surface area contributed by atoms with Gasteiger partial charge in [-0.2, -0.15) is 8.42 Å². The van der Waals surface area contributed by atoms with Crippen LogP contribution in [-0.4, -0.2) is 18.9 Å². The molecule has 0 heterocycles. The van der Waals surface area contributed by atoms with Gasteiger partial charge in [0.05, 0.1) is 4.90 Å². The van der Waals surface area contributed by atoms with Gasteiger partial charge in [0.2, 0.25) is 0 Å². The van der Waals surface area contributed by atoms with Crippen molar-refractivity contribution < 1.29 is 17.8 Å². The molecule has 2 aromatic carbocycles. The lowest BCUT2D eigenvalue weighted by atomic mass is 9.87. The number of aryl methyl sites for hydroxylation is 1. The molecule has 0 saturated carbocycles. The molecule has 0 bridgehead atoms. The molecule has 0 unspecified atom stereocenters. The summed E-state index contributed by atoms with van der Waals surface area (Å²) in [5.74, 6) is -0.283. The number of carbonyl (C=O) groups excluding carboxylic acids is 1. The zero-order valence-corrected chi connectivity index (χ0v) is 14.9. The summed E-state index contributed by atoms with van der Waals surface area (Å²) < 4.78 is 31.5. The first kappa shape index (κ1) is 18.2. The third-order valence-electron chi connectivity index (χ3n) is 3.72. The van der Waals surface area contributed by atoms with Crippen molar-refractivity contribution in [3.8, 4) is 0 Å². The SMILES string of the molecule is Cc1cc(NC(=O)c2ccc(C(C)(C)C)cc2)ccc1S(=O)(=O)O. The summed E-state index contributed by atoms with van der Waals surface area (Å²) in [5.41, 5.74) is 2.48. The molecule has 0 atom stereocenters. The zero-order valence-electron chi connectivity index (χ0n) is 14.1. The van der Waals surface area contributed by atoms with Crippen molar-refractivity contribution in [2.24, 2.45) is 0 Å². The van der Waals surface area contributed by atoms with Gasteiger partial charge in [0.25, 0.3) is 16.0 Å². The lowest BCUT2D eigenvalue weighted by Crippen LogP contribution is -2.14. The molecule has 2 rings (SSSR count). The molecule has 0 aliphatic carbocycles. The van der Waals surface area contributed by atoms with Gasteiger partial charge in [-0.05, 0) is 53.8 Å². The monoisotopic (exact) mass is 347 g/mol. The summed E-state index contributed by atoms with van der Waals surface area (Å²) in [4.78, 5) is 12.1. The first-order valence-corrected chi connectivity index (χ1v) is 8.92. The van der Waals surface area contributed by atoms with Crippen LogP contribution < -0.4 is 5.32 Å². The van der Waals surface area contributed by atoms with Crippen LogP contribution in [-0.2, 0) is 15.5 Å². The van der Waals surface area contributed by atoms with Gasteiger partial charge in [0.1, 0.15) is 0 Å². The topological polar surface area (TPSA) is 83.5 Å². The Hall–Kier alpha value is -2.18. The van der Waals surface area contributed by atoms with Crippen molar-refractivity contribution in [2.45, 2.75) is 38.0 Å². The number of hydrogen-bond acceptors (Lipinski definition) is 3. The number of nitrogens with one attached hydrogen (secondary N) is 1. The maximum absolute atomic E-state index is 12.3. The summed E-state index contributed by atoms with van der Waals surface area (Å²) in [6.07, 6.45) is 0. The number of hydrogen-bond donors (Lipinski definition) is 2. The summed E-state index contributed by atoms with van der Waals surface area (Å²) in [6.45, 7) is 7.85. The average Bonchev–Trinajstić information content (AvgIpc) is 2.45. The van der Waals surface area contributed by atoms with Gasteiger partial charge in [0, 0.05) is 11.3 Å². The first-order chi connectivity index (χ1) is 11.0. The minimum atomic E-state index is -4.26. The van der Waals surface area contributed by atoms with E-state index in [4.69, 9.17) is 4.55 Å². The quantitative estimate of drug-likeness (QED) is 0.828. The summed E-state index contributed by atoms with van der Waals surface area (Å²) in [7, 11) is -4.26. The Bertz CT molecular complexity index is 863. The van der Waals surface area contributed by atoms with Crippen LogP contribution in [0.4, 0.5) is 5.69 Å². The molecule has 0 spiro atoms. The number of benzene rings is 2. The minimum absolute atomic E-state index is 0.0116. The molecule has 0 aromatic heterocycles. The highest BCUT2D eigenvalue weighted by atomic mass is 32.2. The summed E-state index contributed by atoms with van der Waals surface area (Å²) >= 11 is 0. The third-order valence-corrected chi connectivity index (χ3v) is 4.74. The van der Waals surface area contributed by atoms with Crippen LogP contribution in [0.1, 0.15) is 42.3 Å². The molecule has 24 heavy (non-hydrogen) atoms. The second-order valence-electron chi connectivity index (χ2n) is 6.74. The van der Waals surface area contributed by atoms with Gasteiger partial charge >= 0.3 is 0 Å². The largest absolute Gasteiger partial charge is 0.322 e. The van der Waals surface area contributed by atoms with E-state index >= 15 is 0 Å². The van der Waals surface area contributed by atoms with Crippen LogP contribution >= 0.6 is 0 Å². The molecule has 5 nitrogen and oxygen atoms in total. The molecule has 0 radical (unpaired) electrons. The van der Waals surface area contributed by atoms with E-state index in [2.05, 4.69) is 26.1 Å². The predicted molar refractivity (Wildman–Crippen MR) is 94.1 cm³/mol. The normalized spacial score (nSPS) is 12.0. The molecular formula is C18H21NO4S. The minimum Gasteiger partial charge on any atom is -0.322 e. The molecule has 0 aliphatic rings. The van der Waals surface area contributed by atoms with E-state index in [1.807, 2.05) is 12.1 Å². The van der Waals surface area contributed by atoms with E-state index in [9.17, 15) is 13.2 Å². The second-order valence-corrected chi connectivity index (χ2v) is 8.13. The Morgan fingerprint density at radius 1 is 1.04 bits per heavy atom. The summed E-state index contributed by atoms with van der Waals surface area (Å²) in [5, 5.41) is 2.72. The molecule has 0 fully saturated rings. The number of amides is 1. The van der Waals surface area contributed by atoms with E-state index in [1.54, 1.807) is 19.1 Å². The van der Waals surface area contributed by atoms with Crippen LogP contribution in [0.5, 0.6) is 0 Å². The van der Waals surface area contributed by atoms with E-state index < -0.39 is 10.1 Å². The van der Waals surface area contributed by atoms with E-state index in [0.717, 1.165) is 5.56 Å². The van der Waals surface area contributed by atoms with Crippen molar-refractivity contribution in [1.82, 2.24) is 0 Å². The predicted octanol–water partition coefficient (Wildman–Crippen LogP) is 3.79. The van der Waals surface area contributed by atoms with Gasteiger partial charge in [-0.15, -0.1) is 0 Å². The smallest absolute Gasteiger partial charge is 0.294 e. The highest BCUT2D eigenvalue weighted by Crippen LogP contribution is 2.23. The molecule has 128 valence electrons. The van der Waals surface area contributed by atoms with E-state index in [1.165, 1.54) is 18.2 Å². The zero-order chi connectivity index (χ0) is 18.1. The van der Waals surface area contributed by atoms with Crippen LogP contribution in [0.15, 0.2) is 47.4 Å². The van der Waals surface area contributed by atoms with Crippen molar-refractivity contribution in [2.75, 3.05) is 5.32 Å². The number of rotatable bonds is 3. The van der Waals surface area contributed by atoms with Gasteiger partial charge in [-0.1, -0.05) is 32.9 Å². The molecule has 2 N–H and O–H groups in total. The van der Waals surface area contributed by atoms with Crippen molar-refractivity contribution >= 4 is 21.7 Å². The highest BCUT2D eigenvalue weighted by molar-refractivity contribution is 7.85. The molecule has 1 amide bonds. The molecule has 0 aliphatic heterocycles. The fourth-order valence-corrected chi connectivity index (χ4v) is 3.05. The highest BCUT2D eigenvalue weighted by Gasteiger charge is 2.16. The maximum Gasteiger partial charge on any atom is 0.294 e. The molecule has 0 saturated heterocycles. The second kappa shape index (κ2) is 6.37. The fourth-order valence-electron chi connectivity index (χ4n) is 2.34. The summed E-state index contributed by atoms with van der Waals surface area (Å²) in [6, 6.07) is 11.6. The van der Waals surface area contributed by atoms with Crippen LogP contribution in [0.3, 0.4) is 0 Å². The Labute approximate surface area is 142 Å². The Kier molecular flexibility index (Phi) is 4.82. The van der Waals surface area contributed by atoms with Crippen molar-refractivity contribution in [3.05, 3.63) is 59.2 Å². The van der Waals surface area contributed by atoms with Gasteiger partial charge < -0.3 is 5.32 Å². The van der Waals surface area contributed by atoms with E-state index in [0.29, 0.717) is 16.8 Å².